The van der Waals surface area contributed by atoms with Gasteiger partial charge in [-0.25, -0.2) is 4.98 Å². The van der Waals surface area contributed by atoms with E-state index in [0.717, 1.165) is 16.9 Å². The molecule has 0 amide bonds. The van der Waals surface area contributed by atoms with E-state index in [4.69, 9.17) is 0 Å². The highest BCUT2D eigenvalue weighted by molar-refractivity contribution is 5.80. The van der Waals surface area contributed by atoms with Gasteiger partial charge in [0.2, 0.25) is 5.95 Å². The van der Waals surface area contributed by atoms with Crippen LogP contribution in [0.15, 0.2) is 73.2 Å². The molecule has 28 heavy (non-hydrogen) atoms. The van der Waals surface area contributed by atoms with Gasteiger partial charge < -0.3 is 20.6 Å². The molecule has 0 spiro atoms. The summed E-state index contributed by atoms with van der Waals surface area (Å²) in [7, 11) is 0. The van der Waals surface area contributed by atoms with Gasteiger partial charge in [-0.05, 0) is 58.3 Å². The standard InChI is InChI=1S/C22H20N6/c1-3-17-5-8-24-20(17)12-16(1)13-26-21-7-10-25-22(28-21)27-14-15-2-4-19-18(11-15)6-9-23-19/h1-12,23-24H,13-14H2,(H2,25,26,27,28). The third-order valence-corrected chi connectivity index (χ3v) is 4.82. The van der Waals surface area contributed by atoms with Crippen LogP contribution in [0.2, 0.25) is 0 Å². The molecule has 0 aliphatic rings. The largest absolute Gasteiger partial charge is 0.366 e. The Morgan fingerprint density at radius 3 is 2.46 bits per heavy atom. The van der Waals surface area contributed by atoms with Gasteiger partial charge in [0.25, 0.3) is 0 Å². The van der Waals surface area contributed by atoms with Crippen LogP contribution in [0.25, 0.3) is 21.8 Å². The molecule has 0 aliphatic heterocycles. The van der Waals surface area contributed by atoms with E-state index < -0.39 is 0 Å². The van der Waals surface area contributed by atoms with Gasteiger partial charge >= 0.3 is 0 Å². The number of hydrogen-bond acceptors (Lipinski definition) is 4. The quantitative estimate of drug-likeness (QED) is 0.351. The molecule has 3 heterocycles. The molecular weight excluding hydrogens is 348 g/mol. The van der Waals surface area contributed by atoms with E-state index in [2.05, 4.69) is 79.1 Å². The maximum atomic E-state index is 4.56. The van der Waals surface area contributed by atoms with Gasteiger partial charge in [-0.2, -0.15) is 4.98 Å². The van der Waals surface area contributed by atoms with E-state index in [1.165, 1.54) is 21.9 Å². The summed E-state index contributed by atoms with van der Waals surface area (Å²) >= 11 is 0. The molecule has 6 heteroatoms. The number of nitrogens with one attached hydrogen (secondary N) is 4. The maximum absolute atomic E-state index is 4.56. The Morgan fingerprint density at radius 1 is 0.714 bits per heavy atom. The Labute approximate surface area is 162 Å². The van der Waals surface area contributed by atoms with Crippen molar-refractivity contribution in [3.8, 4) is 0 Å². The van der Waals surface area contributed by atoms with Crippen LogP contribution in [0.1, 0.15) is 11.1 Å². The molecule has 0 fully saturated rings. The summed E-state index contributed by atoms with van der Waals surface area (Å²) in [6.45, 7) is 1.38. The van der Waals surface area contributed by atoms with Crippen LogP contribution in [0.4, 0.5) is 11.8 Å². The van der Waals surface area contributed by atoms with E-state index in [0.29, 0.717) is 19.0 Å². The van der Waals surface area contributed by atoms with Crippen LogP contribution in [0, 0.1) is 0 Å². The first-order valence-corrected chi connectivity index (χ1v) is 9.26. The number of nitrogens with zero attached hydrogens (tertiary/aromatic N) is 2. The molecule has 0 unspecified atom stereocenters. The highest BCUT2D eigenvalue weighted by Crippen LogP contribution is 2.17. The van der Waals surface area contributed by atoms with Crippen LogP contribution in [-0.2, 0) is 13.1 Å². The maximum Gasteiger partial charge on any atom is 0.224 e. The molecule has 0 atom stereocenters. The van der Waals surface area contributed by atoms with E-state index >= 15 is 0 Å². The Balaban J connectivity index is 1.23. The highest BCUT2D eigenvalue weighted by atomic mass is 15.1. The summed E-state index contributed by atoms with van der Waals surface area (Å²) in [6, 6.07) is 18.8. The summed E-state index contributed by atoms with van der Waals surface area (Å²) < 4.78 is 0. The van der Waals surface area contributed by atoms with Crippen LogP contribution in [-0.4, -0.2) is 19.9 Å². The average Bonchev–Trinajstić information content (AvgIpc) is 3.39. The molecule has 0 saturated heterocycles. The summed E-state index contributed by atoms with van der Waals surface area (Å²) in [5, 5.41) is 9.09. The molecule has 6 nitrogen and oxygen atoms in total. The Kier molecular flexibility index (Phi) is 4.14. The minimum Gasteiger partial charge on any atom is -0.366 e. The second kappa shape index (κ2) is 7.08. The third-order valence-electron chi connectivity index (χ3n) is 4.82. The van der Waals surface area contributed by atoms with Crippen molar-refractivity contribution >= 4 is 33.6 Å². The zero-order chi connectivity index (χ0) is 18.8. The van der Waals surface area contributed by atoms with Crippen molar-refractivity contribution in [1.82, 2.24) is 19.9 Å². The lowest BCUT2D eigenvalue weighted by atomic mass is 10.1. The highest BCUT2D eigenvalue weighted by Gasteiger charge is 2.02. The average molecular weight is 368 g/mol. The Hall–Kier alpha value is -3.80. The summed E-state index contributed by atoms with van der Waals surface area (Å²) in [5.74, 6) is 1.41. The molecule has 2 aromatic carbocycles. The SMILES string of the molecule is c1cc(NCc2ccc3cc[nH]c3c2)nc(NCc2ccc3[nH]ccc3c2)n1. The minimum absolute atomic E-state index is 0.610. The number of hydrogen-bond donors (Lipinski definition) is 4. The van der Waals surface area contributed by atoms with Gasteiger partial charge in [-0.3, -0.25) is 0 Å². The number of aromatic nitrogens is 4. The Morgan fingerprint density at radius 2 is 1.50 bits per heavy atom. The first kappa shape index (κ1) is 16.4. The van der Waals surface area contributed by atoms with E-state index in [1.54, 1.807) is 6.20 Å². The number of fused-ring (bicyclic) bond motifs is 2. The van der Waals surface area contributed by atoms with Crippen molar-refractivity contribution in [2.45, 2.75) is 13.1 Å². The van der Waals surface area contributed by atoms with Crippen LogP contribution in [0.5, 0.6) is 0 Å². The monoisotopic (exact) mass is 368 g/mol. The number of benzene rings is 2. The molecular formula is C22H20N6. The molecule has 0 bridgehead atoms. The van der Waals surface area contributed by atoms with Crippen molar-refractivity contribution in [1.29, 1.82) is 0 Å². The number of H-pyrrole nitrogens is 2. The molecule has 0 saturated carbocycles. The fourth-order valence-corrected chi connectivity index (χ4v) is 3.33. The molecule has 0 radical (unpaired) electrons. The van der Waals surface area contributed by atoms with Crippen molar-refractivity contribution in [2.75, 3.05) is 10.6 Å². The van der Waals surface area contributed by atoms with E-state index in [-0.39, 0.29) is 0 Å². The molecule has 138 valence electrons. The summed E-state index contributed by atoms with van der Waals surface area (Å²) in [6.07, 6.45) is 5.67. The van der Waals surface area contributed by atoms with Crippen molar-refractivity contribution in [3.05, 3.63) is 84.3 Å². The van der Waals surface area contributed by atoms with Crippen LogP contribution >= 0.6 is 0 Å². The first-order chi connectivity index (χ1) is 13.8. The minimum atomic E-state index is 0.610. The van der Waals surface area contributed by atoms with Crippen LogP contribution in [0.3, 0.4) is 0 Å². The zero-order valence-electron chi connectivity index (χ0n) is 15.2. The second-order valence-corrected chi connectivity index (χ2v) is 6.77. The van der Waals surface area contributed by atoms with Gasteiger partial charge in [-0.15, -0.1) is 0 Å². The second-order valence-electron chi connectivity index (χ2n) is 6.77. The molecule has 5 rings (SSSR count). The molecule has 0 aliphatic carbocycles. The zero-order valence-corrected chi connectivity index (χ0v) is 15.2. The third kappa shape index (κ3) is 3.40. The van der Waals surface area contributed by atoms with Crippen LogP contribution < -0.4 is 10.6 Å². The van der Waals surface area contributed by atoms with Gasteiger partial charge in [0.15, 0.2) is 0 Å². The predicted molar refractivity (Wildman–Crippen MR) is 113 cm³/mol. The molecule has 4 N–H and O–H groups in total. The molecule has 5 aromatic rings. The molecule has 3 aromatic heterocycles. The van der Waals surface area contributed by atoms with Gasteiger partial charge in [-0.1, -0.05) is 18.2 Å². The smallest absolute Gasteiger partial charge is 0.224 e. The fourth-order valence-electron chi connectivity index (χ4n) is 3.33. The van der Waals surface area contributed by atoms with Crippen molar-refractivity contribution in [3.63, 3.8) is 0 Å². The summed E-state index contributed by atoms with van der Waals surface area (Å²) in [4.78, 5) is 15.3. The van der Waals surface area contributed by atoms with E-state index in [1.807, 2.05) is 18.5 Å². The number of anilines is 2. The lowest BCUT2D eigenvalue weighted by molar-refractivity contribution is 1.04. The lowest BCUT2D eigenvalue weighted by Crippen LogP contribution is -2.06. The first-order valence-electron chi connectivity index (χ1n) is 9.26. The van der Waals surface area contributed by atoms with E-state index in [9.17, 15) is 0 Å². The van der Waals surface area contributed by atoms with Gasteiger partial charge in [0.1, 0.15) is 5.82 Å². The van der Waals surface area contributed by atoms with Gasteiger partial charge in [0.05, 0.1) is 0 Å². The Bertz CT molecular complexity index is 1140. The number of rotatable bonds is 6. The van der Waals surface area contributed by atoms with Crippen molar-refractivity contribution < 1.29 is 0 Å². The fraction of sp³-hybridized carbons (Fsp3) is 0.0909. The predicted octanol–water partition coefficient (Wildman–Crippen LogP) is 4.66. The number of aromatic amines is 2. The van der Waals surface area contributed by atoms with Crippen molar-refractivity contribution in [2.24, 2.45) is 0 Å². The summed E-state index contributed by atoms with van der Waals surface area (Å²) in [5.41, 5.74) is 4.67. The normalized spacial score (nSPS) is 11.1. The topological polar surface area (TPSA) is 81.4 Å². The lowest BCUT2D eigenvalue weighted by Gasteiger charge is -2.09. The van der Waals surface area contributed by atoms with Gasteiger partial charge in [0, 0.05) is 42.7 Å².